The van der Waals surface area contributed by atoms with E-state index in [1.54, 1.807) is 0 Å². The van der Waals surface area contributed by atoms with Crippen molar-refractivity contribution in [3.63, 3.8) is 0 Å². The van der Waals surface area contributed by atoms with E-state index < -0.39 is 0 Å². The zero-order valence-electron chi connectivity index (χ0n) is 7.14. The lowest BCUT2D eigenvalue weighted by Gasteiger charge is -2.21. The van der Waals surface area contributed by atoms with Gasteiger partial charge in [-0.15, -0.1) is 0 Å². The van der Waals surface area contributed by atoms with E-state index in [1.807, 2.05) is 6.92 Å². The standard InChI is InChI=1S/C8H15NO/c1-6-9-7(5-10-6)8(2,3)4/h7H,5H2,1-4H3. The molecule has 58 valence electrons. The van der Waals surface area contributed by atoms with Crippen LogP contribution in [0, 0.1) is 5.41 Å². The third-order valence-electron chi connectivity index (χ3n) is 1.79. The van der Waals surface area contributed by atoms with Gasteiger partial charge in [0.05, 0.1) is 6.04 Å². The van der Waals surface area contributed by atoms with Crippen LogP contribution in [0.25, 0.3) is 0 Å². The molecular weight excluding hydrogens is 126 g/mol. The Bertz CT molecular complexity index is 155. The molecule has 0 radical (unpaired) electrons. The van der Waals surface area contributed by atoms with Gasteiger partial charge >= 0.3 is 0 Å². The van der Waals surface area contributed by atoms with E-state index in [0.717, 1.165) is 12.5 Å². The van der Waals surface area contributed by atoms with Gasteiger partial charge in [-0.3, -0.25) is 0 Å². The maximum Gasteiger partial charge on any atom is 0.180 e. The molecule has 0 fully saturated rings. The van der Waals surface area contributed by atoms with Crippen LogP contribution in [0.4, 0.5) is 0 Å². The molecule has 1 atom stereocenters. The minimum absolute atomic E-state index is 0.248. The van der Waals surface area contributed by atoms with Crippen LogP contribution < -0.4 is 0 Å². The van der Waals surface area contributed by atoms with E-state index >= 15 is 0 Å². The predicted octanol–water partition coefficient (Wildman–Crippen LogP) is 1.85. The van der Waals surface area contributed by atoms with Crippen molar-refractivity contribution in [3.05, 3.63) is 0 Å². The van der Waals surface area contributed by atoms with Crippen LogP contribution in [0.15, 0.2) is 4.99 Å². The number of nitrogens with zero attached hydrogens (tertiary/aromatic N) is 1. The Kier molecular flexibility index (Phi) is 1.71. The van der Waals surface area contributed by atoms with E-state index in [2.05, 4.69) is 25.8 Å². The van der Waals surface area contributed by atoms with Crippen LogP contribution >= 0.6 is 0 Å². The molecule has 0 spiro atoms. The Balaban J connectivity index is 2.61. The number of hydrogen-bond acceptors (Lipinski definition) is 2. The smallest absolute Gasteiger partial charge is 0.180 e. The topological polar surface area (TPSA) is 21.6 Å². The zero-order chi connectivity index (χ0) is 7.78. The maximum atomic E-state index is 5.24. The van der Waals surface area contributed by atoms with Gasteiger partial charge in [0.15, 0.2) is 5.90 Å². The van der Waals surface area contributed by atoms with Gasteiger partial charge in [-0.1, -0.05) is 20.8 Å². The first-order valence-electron chi connectivity index (χ1n) is 3.67. The summed E-state index contributed by atoms with van der Waals surface area (Å²) in [6.45, 7) is 9.22. The van der Waals surface area contributed by atoms with Crippen molar-refractivity contribution in [2.24, 2.45) is 10.4 Å². The first-order chi connectivity index (χ1) is 4.50. The van der Waals surface area contributed by atoms with Gasteiger partial charge in [-0.05, 0) is 5.41 Å². The molecule has 1 aliphatic rings. The Morgan fingerprint density at radius 3 is 2.30 bits per heavy atom. The Morgan fingerprint density at radius 2 is 2.10 bits per heavy atom. The highest BCUT2D eigenvalue weighted by Gasteiger charge is 2.28. The Labute approximate surface area is 62.3 Å². The third-order valence-corrected chi connectivity index (χ3v) is 1.79. The molecule has 1 unspecified atom stereocenters. The molecule has 0 saturated heterocycles. The predicted molar refractivity (Wildman–Crippen MR) is 42.3 cm³/mol. The molecule has 10 heavy (non-hydrogen) atoms. The summed E-state index contributed by atoms with van der Waals surface area (Å²) >= 11 is 0. The van der Waals surface area contributed by atoms with Gasteiger partial charge in [0, 0.05) is 6.92 Å². The Hall–Kier alpha value is -0.530. The van der Waals surface area contributed by atoms with Crippen LogP contribution in [0.3, 0.4) is 0 Å². The fourth-order valence-corrected chi connectivity index (χ4v) is 0.937. The van der Waals surface area contributed by atoms with Crippen LogP contribution in [-0.4, -0.2) is 18.5 Å². The lowest BCUT2D eigenvalue weighted by Crippen LogP contribution is -2.25. The first kappa shape index (κ1) is 7.58. The van der Waals surface area contributed by atoms with Crippen molar-refractivity contribution in [3.8, 4) is 0 Å². The fraction of sp³-hybridized carbons (Fsp3) is 0.875. The van der Waals surface area contributed by atoms with Gasteiger partial charge in [-0.25, -0.2) is 4.99 Å². The van der Waals surface area contributed by atoms with Crippen molar-refractivity contribution < 1.29 is 4.74 Å². The molecule has 0 aromatic carbocycles. The molecule has 1 aliphatic heterocycles. The average molecular weight is 141 g/mol. The number of aliphatic imine (C=N–C) groups is 1. The number of ether oxygens (including phenoxy) is 1. The van der Waals surface area contributed by atoms with Gasteiger partial charge in [0.25, 0.3) is 0 Å². The number of rotatable bonds is 0. The van der Waals surface area contributed by atoms with Crippen LogP contribution in [0.2, 0.25) is 0 Å². The molecular formula is C8H15NO. The summed E-state index contributed by atoms with van der Waals surface area (Å²) in [6, 6.07) is 0.354. The van der Waals surface area contributed by atoms with Crippen LogP contribution in [0.5, 0.6) is 0 Å². The second-order valence-electron chi connectivity index (χ2n) is 3.84. The molecule has 1 heterocycles. The maximum absolute atomic E-state index is 5.24. The van der Waals surface area contributed by atoms with E-state index in [9.17, 15) is 0 Å². The minimum atomic E-state index is 0.248. The normalized spacial score (nSPS) is 26.0. The molecule has 1 rings (SSSR count). The van der Waals surface area contributed by atoms with Crippen molar-refractivity contribution in [1.82, 2.24) is 0 Å². The van der Waals surface area contributed by atoms with Gasteiger partial charge < -0.3 is 4.74 Å². The SMILES string of the molecule is CC1=NC(C(C)(C)C)CO1. The molecule has 2 heteroatoms. The second kappa shape index (κ2) is 2.26. The molecule has 0 N–H and O–H groups in total. The highest BCUT2D eigenvalue weighted by molar-refractivity contribution is 5.74. The van der Waals surface area contributed by atoms with Crippen molar-refractivity contribution in [2.45, 2.75) is 33.7 Å². The minimum Gasteiger partial charge on any atom is -0.479 e. The van der Waals surface area contributed by atoms with Crippen molar-refractivity contribution in [2.75, 3.05) is 6.61 Å². The Morgan fingerprint density at radius 1 is 1.50 bits per heavy atom. The summed E-state index contributed by atoms with van der Waals surface area (Å²) in [6.07, 6.45) is 0. The van der Waals surface area contributed by atoms with Crippen LogP contribution in [-0.2, 0) is 4.74 Å². The van der Waals surface area contributed by atoms with E-state index in [4.69, 9.17) is 4.74 Å². The summed E-state index contributed by atoms with van der Waals surface area (Å²) in [5.41, 5.74) is 0.248. The third kappa shape index (κ3) is 1.49. The van der Waals surface area contributed by atoms with Gasteiger partial charge in [-0.2, -0.15) is 0 Å². The fourth-order valence-electron chi connectivity index (χ4n) is 0.937. The first-order valence-corrected chi connectivity index (χ1v) is 3.67. The molecule has 2 nitrogen and oxygen atoms in total. The summed E-state index contributed by atoms with van der Waals surface area (Å²) in [7, 11) is 0. The average Bonchev–Trinajstić information content (AvgIpc) is 2.11. The highest BCUT2D eigenvalue weighted by Crippen LogP contribution is 2.25. The molecule has 0 amide bonds. The molecule has 0 aliphatic carbocycles. The van der Waals surface area contributed by atoms with E-state index in [1.165, 1.54) is 0 Å². The summed E-state index contributed by atoms with van der Waals surface area (Å²) < 4.78 is 5.24. The largest absolute Gasteiger partial charge is 0.479 e. The summed E-state index contributed by atoms with van der Waals surface area (Å²) in [5.74, 6) is 0.833. The highest BCUT2D eigenvalue weighted by atomic mass is 16.5. The van der Waals surface area contributed by atoms with Crippen molar-refractivity contribution >= 4 is 5.90 Å². The van der Waals surface area contributed by atoms with Gasteiger partial charge in [0.2, 0.25) is 0 Å². The van der Waals surface area contributed by atoms with E-state index in [-0.39, 0.29) is 5.41 Å². The monoisotopic (exact) mass is 141 g/mol. The second-order valence-corrected chi connectivity index (χ2v) is 3.84. The van der Waals surface area contributed by atoms with Gasteiger partial charge in [0.1, 0.15) is 6.61 Å². The zero-order valence-corrected chi connectivity index (χ0v) is 7.14. The summed E-state index contributed by atoms with van der Waals surface area (Å²) in [5, 5.41) is 0. The van der Waals surface area contributed by atoms with Crippen molar-refractivity contribution in [1.29, 1.82) is 0 Å². The lowest BCUT2D eigenvalue weighted by atomic mass is 9.88. The number of hydrogen-bond donors (Lipinski definition) is 0. The van der Waals surface area contributed by atoms with Crippen LogP contribution in [0.1, 0.15) is 27.7 Å². The molecule has 0 aromatic heterocycles. The quantitative estimate of drug-likeness (QED) is 0.504. The molecule has 0 aromatic rings. The van der Waals surface area contributed by atoms with E-state index in [0.29, 0.717) is 6.04 Å². The lowest BCUT2D eigenvalue weighted by molar-refractivity contribution is 0.235. The molecule has 0 saturated carbocycles. The summed E-state index contributed by atoms with van der Waals surface area (Å²) in [4.78, 5) is 4.35. The molecule has 0 bridgehead atoms.